The van der Waals surface area contributed by atoms with E-state index in [0.717, 1.165) is 47.4 Å². The molecule has 31 heavy (non-hydrogen) atoms. The summed E-state index contributed by atoms with van der Waals surface area (Å²) in [6, 6.07) is 20.3. The molecule has 0 unspecified atom stereocenters. The summed E-state index contributed by atoms with van der Waals surface area (Å²) in [5, 5.41) is 0. The predicted octanol–water partition coefficient (Wildman–Crippen LogP) is 6.27. The number of unbranched alkanes of at least 4 members (excludes halogenated alkanes) is 3. The van der Waals surface area contributed by atoms with Crippen molar-refractivity contribution in [2.24, 2.45) is 0 Å². The molecule has 2 aromatic carbocycles. The van der Waals surface area contributed by atoms with Gasteiger partial charge >= 0.3 is 5.97 Å². The molecule has 0 radical (unpaired) electrons. The van der Waals surface area contributed by atoms with Crippen LogP contribution in [-0.2, 0) is 14.3 Å². The van der Waals surface area contributed by atoms with Crippen molar-refractivity contribution in [3.63, 3.8) is 0 Å². The van der Waals surface area contributed by atoms with Crippen molar-refractivity contribution in [3.8, 4) is 0 Å². The fraction of sp³-hybridized carbons (Fsp3) is 0.519. The van der Waals surface area contributed by atoms with E-state index in [-0.39, 0.29) is 5.97 Å². The van der Waals surface area contributed by atoms with Gasteiger partial charge in [0.25, 0.3) is 0 Å². The lowest BCUT2D eigenvalue weighted by Crippen LogP contribution is -2.47. The Kier molecular flexibility index (Phi) is 10.6. The van der Waals surface area contributed by atoms with Gasteiger partial charge < -0.3 is 9.22 Å². The summed E-state index contributed by atoms with van der Waals surface area (Å²) in [7, 11) is 2.22. The van der Waals surface area contributed by atoms with Crippen molar-refractivity contribution in [2.45, 2.75) is 51.2 Å². The molecule has 4 heteroatoms. The molecule has 0 N–H and O–H groups in total. The van der Waals surface area contributed by atoms with Crippen molar-refractivity contribution in [1.82, 2.24) is 0 Å². The van der Waals surface area contributed by atoms with Gasteiger partial charge in [0.2, 0.25) is 0 Å². The Balaban J connectivity index is 2.33. The molecule has 3 nitrogen and oxygen atoms in total. The average molecular weight is 443 g/mol. The Morgan fingerprint density at radius 1 is 0.871 bits per heavy atom. The van der Waals surface area contributed by atoms with Gasteiger partial charge in [-0.15, -0.1) is 11.8 Å². The molecule has 2 rings (SSSR count). The lowest BCUT2D eigenvalue weighted by molar-refractivity contribution is -0.906. The molecule has 0 saturated heterocycles. The van der Waals surface area contributed by atoms with E-state index >= 15 is 0 Å². The topological polar surface area (TPSA) is 26.3 Å². The van der Waals surface area contributed by atoms with Crippen molar-refractivity contribution < 1.29 is 14.0 Å². The van der Waals surface area contributed by atoms with Gasteiger partial charge in [-0.05, 0) is 37.1 Å². The first-order valence-electron chi connectivity index (χ1n) is 11.8. The average Bonchev–Trinajstić information content (AvgIpc) is 2.82. The number of ether oxygens (including phenoxy) is 1. The number of rotatable bonds is 14. The van der Waals surface area contributed by atoms with Crippen LogP contribution < -0.4 is 0 Å². The zero-order chi connectivity index (χ0) is 22.6. The van der Waals surface area contributed by atoms with Crippen molar-refractivity contribution in [3.05, 3.63) is 71.8 Å². The Morgan fingerprint density at radius 2 is 1.42 bits per heavy atom. The number of esters is 1. The number of hydrogen-bond acceptors (Lipinski definition) is 3. The van der Waals surface area contributed by atoms with Gasteiger partial charge in [0.05, 0.1) is 20.1 Å². The first-order valence-corrected chi connectivity index (χ1v) is 12.8. The lowest BCUT2D eigenvalue weighted by atomic mass is 9.90. The van der Waals surface area contributed by atoms with E-state index in [0.29, 0.717) is 6.61 Å². The number of likely N-dealkylation sites (N-methyl/N-ethyl adjacent to an activating group) is 1. The molecular weight excluding hydrogens is 402 g/mol. The Hall–Kier alpha value is -1.78. The van der Waals surface area contributed by atoms with Crippen LogP contribution in [-0.4, -0.2) is 49.5 Å². The number of hydrogen-bond donors (Lipinski definition) is 0. The van der Waals surface area contributed by atoms with E-state index in [1.165, 1.54) is 19.3 Å². The molecule has 0 bridgehead atoms. The number of carbonyl (C=O) groups excluding carboxylic acids is 1. The van der Waals surface area contributed by atoms with Crippen molar-refractivity contribution >= 4 is 17.7 Å². The summed E-state index contributed by atoms with van der Waals surface area (Å²) in [6.07, 6.45) is 4.75. The van der Waals surface area contributed by atoms with Gasteiger partial charge in [-0.25, -0.2) is 4.79 Å². The maximum absolute atomic E-state index is 13.8. The highest BCUT2D eigenvalue weighted by atomic mass is 32.2. The minimum atomic E-state index is -0.837. The van der Waals surface area contributed by atoms with Crippen LogP contribution in [0.2, 0.25) is 0 Å². The summed E-state index contributed by atoms with van der Waals surface area (Å²) < 4.78 is 6.09. The molecule has 0 amide bonds. The molecule has 0 aromatic heterocycles. The zero-order valence-corrected chi connectivity index (χ0v) is 20.6. The van der Waals surface area contributed by atoms with E-state index < -0.39 is 4.75 Å². The minimum Gasteiger partial charge on any atom is -0.458 e. The van der Waals surface area contributed by atoms with Gasteiger partial charge in [0.1, 0.15) is 13.2 Å². The zero-order valence-electron chi connectivity index (χ0n) is 19.8. The summed E-state index contributed by atoms with van der Waals surface area (Å²) >= 11 is 1.72. The molecule has 0 aliphatic heterocycles. The van der Waals surface area contributed by atoms with Crippen LogP contribution in [0.1, 0.15) is 57.6 Å². The standard InChI is InChI=1S/C27H40NO2S/c1-5-8-9-16-23-31-27(24-17-12-10-13-18-24,25-19-14-11-15-20-25)26(29)30-22-21-28(4,6-2)7-3/h10-15,17-20H,5-9,16,21-23H2,1-4H3/q+1. The molecule has 2 aromatic rings. The summed E-state index contributed by atoms with van der Waals surface area (Å²) in [4.78, 5) is 13.8. The maximum Gasteiger partial charge on any atom is 0.331 e. The minimum absolute atomic E-state index is 0.149. The summed E-state index contributed by atoms with van der Waals surface area (Å²) in [5.41, 5.74) is 1.99. The molecule has 0 heterocycles. The van der Waals surface area contributed by atoms with Gasteiger partial charge in [0.15, 0.2) is 4.75 Å². The fourth-order valence-electron chi connectivity index (χ4n) is 3.73. The highest BCUT2D eigenvalue weighted by molar-refractivity contribution is 8.01. The third-order valence-corrected chi connectivity index (χ3v) is 7.92. The van der Waals surface area contributed by atoms with Crippen LogP contribution in [0.25, 0.3) is 0 Å². The van der Waals surface area contributed by atoms with Crippen LogP contribution in [0.15, 0.2) is 60.7 Å². The van der Waals surface area contributed by atoms with Crippen molar-refractivity contribution in [1.29, 1.82) is 0 Å². The second-order valence-electron chi connectivity index (χ2n) is 8.43. The number of carbonyl (C=O) groups is 1. The third-order valence-electron chi connectivity index (χ3n) is 6.36. The van der Waals surface area contributed by atoms with Crippen LogP contribution in [0.5, 0.6) is 0 Å². The normalized spacial score (nSPS) is 12.0. The van der Waals surface area contributed by atoms with E-state index in [4.69, 9.17) is 4.74 Å². The van der Waals surface area contributed by atoms with Gasteiger partial charge in [-0.2, -0.15) is 0 Å². The second-order valence-corrected chi connectivity index (χ2v) is 9.74. The first kappa shape index (κ1) is 25.5. The van der Waals surface area contributed by atoms with E-state index in [2.05, 4.69) is 52.1 Å². The fourth-order valence-corrected chi connectivity index (χ4v) is 5.16. The predicted molar refractivity (Wildman–Crippen MR) is 133 cm³/mol. The quantitative estimate of drug-likeness (QED) is 0.196. The number of benzene rings is 2. The van der Waals surface area contributed by atoms with Crippen LogP contribution in [0.3, 0.4) is 0 Å². The van der Waals surface area contributed by atoms with Crippen LogP contribution >= 0.6 is 11.8 Å². The Morgan fingerprint density at radius 3 is 1.90 bits per heavy atom. The van der Waals surface area contributed by atoms with E-state index in [1.54, 1.807) is 11.8 Å². The van der Waals surface area contributed by atoms with Crippen LogP contribution in [0, 0.1) is 0 Å². The monoisotopic (exact) mass is 442 g/mol. The largest absolute Gasteiger partial charge is 0.458 e. The first-order chi connectivity index (χ1) is 15.0. The lowest BCUT2D eigenvalue weighted by Gasteiger charge is -2.34. The Bertz CT molecular complexity index is 720. The molecule has 0 atom stereocenters. The molecule has 0 aliphatic rings. The maximum atomic E-state index is 13.8. The van der Waals surface area contributed by atoms with Gasteiger partial charge in [-0.1, -0.05) is 86.8 Å². The van der Waals surface area contributed by atoms with Crippen LogP contribution in [0.4, 0.5) is 0 Å². The molecular formula is C27H40NO2S+. The molecule has 170 valence electrons. The summed E-state index contributed by atoms with van der Waals surface area (Å²) in [6.45, 7) is 9.94. The second kappa shape index (κ2) is 12.9. The highest BCUT2D eigenvalue weighted by Crippen LogP contribution is 2.44. The molecule has 0 fully saturated rings. The van der Waals surface area contributed by atoms with Gasteiger partial charge in [0, 0.05) is 0 Å². The number of thioether (sulfide) groups is 1. The molecule has 0 spiro atoms. The van der Waals surface area contributed by atoms with Gasteiger partial charge in [-0.3, -0.25) is 0 Å². The highest BCUT2D eigenvalue weighted by Gasteiger charge is 2.44. The summed E-state index contributed by atoms with van der Waals surface area (Å²) in [5.74, 6) is 0.778. The number of quaternary nitrogens is 1. The van der Waals surface area contributed by atoms with E-state index in [9.17, 15) is 4.79 Å². The Labute approximate surface area is 193 Å². The smallest absolute Gasteiger partial charge is 0.331 e. The third kappa shape index (κ3) is 6.85. The van der Waals surface area contributed by atoms with E-state index in [1.807, 2.05) is 36.4 Å². The van der Waals surface area contributed by atoms with Crippen molar-refractivity contribution in [2.75, 3.05) is 39.0 Å². The SMILES string of the molecule is CCCCCCSC(C(=O)OCC[N+](C)(CC)CC)(c1ccccc1)c1ccccc1. The number of nitrogens with zero attached hydrogens (tertiary/aromatic N) is 1. The molecule has 0 aliphatic carbocycles. The molecule has 0 saturated carbocycles.